The maximum Gasteiger partial charge on any atom is 0.225 e. The summed E-state index contributed by atoms with van der Waals surface area (Å²) in [6.45, 7) is 0. The molecule has 1 aromatic rings. The van der Waals surface area contributed by atoms with Crippen LogP contribution >= 0.6 is 0 Å². The molecule has 0 radical (unpaired) electrons. The van der Waals surface area contributed by atoms with E-state index in [1.54, 1.807) is 0 Å². The van der Waals surface area contributed by atoms with Gasteiger partial charge in [-0.3, -0.25) is 4.79 Å². The van der Waals surface area contributed by atoms with Crippen molar-refractivity contribution in [2.75, 3.05) is 5.32 Å². The molecule has 0 aromatic heterocycles. The molecule has 2 nitrogen and oxygen atoms in total. The first-order chi connectivity index (χ1) is 8.27. The van der Waals surface area contributed by atoms with E-state index in [4.69, 9.17) is 0 Å². The van der Waals surface area contributed by atoms with Gasteiger partial charge in [-0.05, 0) is 37.3 Å². The Morgan fingerprint density at radius 3 is 2.88 bits per heavy atom. The molecule has 1 aliphatic heterocycles. The zero-order valence-corrected chi connectivity index (χ0v) is 9.91. The monoisotopic (exact) mass is 227 g/mol. The van der Waals surface area contributed by atoms with Crippen molar-refractivity contribution in [1.82, 2.24) is 0 Å². The number of carbonyl (C=O) groups is 1. The molecule has 0 fully saturated rings. The van der Waals surface area contributed by atoms with E-state index < -0.39 is 0 Å². The molecule has 1 amide bonds. The molecule has 1 heterocycles. The number of benzene rings is 1. The molecule has 1 unspecified atom stereocenters. The van der Waals surface area contributed by atoms with Crippen LogP contribution in [0.1, 0.15) is 31.2 Å². The summed E-state index contributed by atoms with van der Waals surface area (Å²) >= 11 is 0. The van der Waals surface area contributed by atoms with Gasteiger partial charge in [-0.15, -0.1) is 0 Å². The lowest BCUT2D eigenvalue weighted by atomic mass is 9.72. The van der Waals surface area contributed by atoms with Gasteiger partial charge in [0.15, 0.2) is 0 Å². The van der Waals surface area contributed by atoms with Gasteiger partial charge in [0.2, 0.25) is 5.91 Å². The van der Waals surface area contributed by atoms with E-state index >= 15 is 0 Å². The largest absolute Gasteiger partial charge is 0.326 e. The van der Waals surface area contributed by atoms with Crippen molar-refractivity contribution in [3.8, 4) is 0 Å². The van der Waals surface area contributed by atoms with E-state index in [1.807, 2.05) is 12.1 Å². The van der Waals surface area contributed by atoms with Crippen molar-refractivity contribution in [2.45, 2.75) is 32.1 Å². The highest BCUT2D eigenvalue weighted by atomic mass is 16.1. The van der Waals surface area contributed by atoms with Gasteiger partial charge in [-0.25, -0.2) is 0 Å². The van der Waals surface area contributed by atoms with Crippen LogP contribution in [0.4, 0.5) is 5.69 Å². The Labute approximate surface area is 102 Å². The molecular weight excluding hydrogens is 210 g/mol. The highest BCUT2D eigenvalue weighted by Gasteiger charge is 2.34. The van der Waals surface area contributed by atoms with Crippen LogP contribution in [0.25, 0.3) is 0 Å². The van der Waals surface area contributed by atoms with Gasteiger partial charge in [0.05, 0.1) is 0 Å². The van der Waals surface area contributed by atoms with Crippen molar-refractivity contribution in [3.63, 3.8) is 0 Å². The van der Waals surface area contributed by atoms with Crippen molar-refractivity contribution in [2.24, 2.45) is 5.41 Å². The lowest BCUT2D eigenvalue weighted by Gasteiger charge is -2.31. The predicted molar refractivity (Wildman–Crippen MR) is 68.8 cm³/mol. The molecule has 2 aliphatic rings. The van der Waals surface area contributed by atoms with Crippen LogP contribution < -0.4 is 5.32 Å². The molecule has 17 heavy (non-hydrogen) atoms. The summed E-state index contributed by atoms with van der Waals surface area (Å²) in [4.78, 5) is 12.0. The number of amides is 1. The minimum atomic E-state index is 0.0644. The van der Waals surface area contributed by atoms with E-state index in [9.17, 15) is 4.79 Å². The number of para-hydroxylation sites is 1. The molecule has 3 rings (SSSR count). The van der Waals surface area contributed by atoms with Crippen LogP contribution in [0.5, 0.6) is 0 Å². The fraction of sp³-hybridized carbons (Fsp3) is 0.400. The smallest absolute Gasteiger partial charge is 0.225 e. The number of anilines is 1. The van der Waals surface area contributed by atoms with Gasteiger partial charge in [-0.1, -0.05) is 30.4 Å². The topological polar surface area (TPSA) is 29.1 Å². The molecule has 1 N–H and O–H groups in total. The standard InChI is InChI=1S/C15H17NO/c17-14-11-15(8-4-1-5-9-15)10-12-6-2-3-7-13(12)16-14/h2-4,6-8H,1,5,9-11H2,(H,16,17). The molecule has 0 saturated carbocycles. The zero-order valence-electron chi connectivity index (χ0n) is 9.91. The molecule has 0 saturated heterocycles. The van der Waals surface area contributed by atoms with E-state index in [1.165, 1.54) is 12.0 Å². The number of hydrogen-bond acceptors (Lipinski definition) is 1. The Balaban J connectivity index is 2.02. The highest BCUT2D eigenvalue weighted by Crippen LogP contribution is 2.41. The van der Waals surface area contributed by atoms with E-state index in [0.717, 1.165) is 24.9 Å². The molecule has 1 aliphatic carbocycles. The number of fused-ring (bicyclic) bond motifs is 1. The van der Waals surface area contributed by atoms with Crippen molar-refractivity contribution >= 4 is 11.6 Å². The third-order valence-electron chi connectivity index (χ3n) is 3.86. The normalized spacial score (nSPS) is 27.4. The van der Waals surface area contributed by atoms with E-state index in [2.05, 4.69) is 29.6 Å². The molecule has 1 aromatic carbocycles. The molecule has 1 spiro atoms. The molecule has 0 bridgehead atoms. The number of nitrogens with one attached hydrogen (secondary N) is 1. The van der Waals surface area contributed by atoms with Gasteiger partial charge < -0.3 is 5.32 Å². The number of allylic oxidation sites excluding steroid dienone is 2. The molecule has 2 heteroatoms. The predicted octanol–water partition coefficient (Wildman–Crippen LogP) is 3.30. The minimum absolute atomic E-state index is 0.0644. The summed E-state index contributed by atoms with van der Waals surface area (Å²) in [6, 6.07) is 8.16. The van der Waals surface area contributed by atoms with Crippen molar-refractivity contribution < 1.29 is 4.79 Å². The molecular formula is C15H17NO. The fourth-order valence-electron chi connectivity index (χ4n) is 3.04. The number of carbonyl (C=O) groups excluding carboxylic acids is 1. The van der Waals surface area contributed by atoms with Gasteiger partial charge in [-0.2, -0.15) is 0 Å². The van der Waals surface area contributed by atoms with Gasteiger partial charge in [0.1, 0.15) is 0 Å². The first kappa shape index (κ1) is 10.6. The van der Waals surface area contributed by atoms with Crippen LogP contribution in [-0.4, -0.2) is 5.91 Å². The van der Waals surface area contributed by atoms with Gasteiger partial charge in [0.25, 0.3) is 0 Å². The lowest BCUT2D eigenvalue weighted by Crippen LogP contribution is -2.26. The Hall–Kier alpha value is -1.57. The minimum Gasteiger partial charge on any atom is -0.326 e. The summed E-state index contributed by atoms with van der Waals surface area (Å²) < 4.78 is 0. The van der Waals surface area contributed by atoms with E-state index in [0.29, 0.717) is 6.42 Å². The lowest BCUT2D eigenvalue weighted by molar-refractivity contribution is -0.117. The Bertz CT molecular complexity index is 478. The van der Waals surface area contributed by atoms with Gasteiger partial charge in [0, 0.05) is 17.5 Å². The van der Waals surface area contributed by atoms with Crippen molar-refractivity contribution in [1.29, 1.82) is 0 Å². The second-order valence-electron chi connectivity index (χ2n) is 5.22. The van der Waals surface area contributed by atoms with Gasteiger partial charge >= 0.3 is 0 Å². The first-order valence-corrected chi connectivity index (χ1v) is 6.33. The molecule has 88 valence electrons. The summed E-state index contributed by atoms with van der Waals surface area (Å²) in [5, 5.41) is 3.02. The summed E-state index contributed by atoms with van der Waals surface area (Å²) in [7, 11) is 0. The van der Waals surface area contributed by atoms with Crippen LogP contribution in [0.2, 0.25) is 0 Å². The number of rotatable bonds is 0. The van der Waals surface area contributed by atoms with Crippen LogP contribution in [-0.2, 0) is 11.2 Å². The summed E-state index contributed by atoms with van der Waals surface area (Å²) in [6.07, 6.45) is 9.61. The number of hydrogen-bond donors (Lipinski definition) is 1. The van der Waals surface area contributed by atoms with Crippen LogP contribution in [0, 0.1) is 5.41 Å². The second kappa shape index (κ2) is 4.02. The highest BCUT2D eigenvalue weighted by molar-refractivity contribution is 5.93. The van der Waals surface area contributed by atoms with Crippen LogP contribution in [0.15, 0.2) is 36.4 Å². The average Bonchev–Trinajstić information content (AvgIpc) is 2.45. The Morgan fingerprint density at radius 2 is 2.06 bits per heavy atom. The third kappa shape index (κ3) is 1.99. The first-order valence-electron chi connectivity index (χ1n) is 6.33. The third-order valence-corrected chi connectivity index (χ3v) is 3.86. The average molecular weight is 227 g/mol. The fourth-order valence-corrected chi connectivity index (χ4v) is 3.04. The second-order valence-corrected chi connectivity index (χ2v) is 5.22. The quantitative estimate of drug-likeness (QED) is 0.677. The van der Waals surface area contributed by atoms with Crippen LogP contribution in [0.3, 0.4) is 0 Å². The van der Waals surface area contributed by atoms with E-state index in [-0.39, 0.29) is 11.3 Å². The maximum atomic E-state index is 12.0. The van der Waals surface area contributed by atoms with Crippen molar-refractivity contribution in [3.05, 3.63) is 42.0 Å². The SMILES string of the molecule is O=C1CC2(C=CCCC2)Cc2ccccc2N1. The Kier molecular flexibility index (Phi) is 2.50. The molecule has 1 atom stereocenters. The summed E-state index contributed by atoms with van der Waals surface area (Å²) in [5.41, 5.74) is 2.33. The maximum absolute atomic E-state index is 12.0. The zero-order chi connectivity index (χ0) is 11.7. The Morgan fingerprint density at radius 1 is 1.18 bits per heavy atom. The summed E-state index contributed by atoms with van der Waals surface area (Å²) in [5.74, 6) is 0.154.